The second-order valence-electron chi connectivity index (χ2n) is 6.53. The number of carbonyl (C=O) groups is 1. The summed E-state index contributed by atoms with van der Waals surface area (Å²) in [5, 5.41) is 0. The first-order valence-electron chi connectivity index (χ1n) is 8.46. The van der Waals surface area contributed by atoms with E-state index in [1.54, 1.807) is 6.92 Å². The fourth-order valence-corrected chi connectivity index (χ4v) is 2.75. The fraction of sp³-hybridized carbons (Fsp3) is 0.526. The minimum absolute atomic E-state index is 0.0794. The molecule has 0 bridgehead atoms. The Morgan fingerprint density at radius 3 is 2.52 bits per heavy atom. The van der Waals surface area contributed by atoms with Gasteiger partial charge >= 0.3 is 0 Å². The summed E-state index contributed by atoms with van der Waals surface area (Å²) >= 11 is 0. The van der Waals surface area contributed by atoms with Gasteiger partial charge < -0.3 is 14.7 Å². The second-order valence-corrected chi connectivity index (χ2v) is 6.53. The highest BCUT2D eigenvalue weighted by Gasteiger charge is 2.22. The molecule has 0 aromatic carbocycles. The number of nitrogens with zero attached hydrogens (tertiary/aromatic N) is 3. The van der Waals surface area contributed by atoms with Crippen LogP contribution in [0.25, 0.3) is 0 Å². The van der Waals surface area contributed by atoms with Crippen molar-refractivity contribution in [2.45, 2.75) is 27.2 Å². The molecule has 0 N–H and O–H groups in total. The van der Waals surface area contributed by atoms with Gasteiger partial charge in [-0.15, -0.1) is 0 Å². The van der Waals surface area contributed by atoms with Crippen LogP contribution in [-0.2, 0) is 4.79 Å². The first-order valence-corrected chi connectivity index (χ1v) is 8.46. The molecule has 0 saturated carbocycles. The van der Waals surface area contributed by atoms with E-state index in [1.165, 1.54) is 0 Å². The molecule has 0 amide bonds. The van der Waals surface area contributed by atoms with Crippen molar-refractivity contribution in [1.82, 2.24) is 14.7 Å². The number of likely N-dealkylation sites (N-methyl/N-ethyl adjacent to an activating group) is 1. The Labute approximate surface area is 140 Å². The van der Waals surface area contributed by atoms with Crippen molar-refractivity contribution in [2.24, 2.45) is 5.92 Å². The van der Waals surface area contributed by atoms with Crippen molar-refractivity contribution in [1.29, 1.82) is 0 Å². The van der Waals surface area contributed by atoms with Crippen molar-refractivity contribution in [3.8, 4) is 0 Å². The maximum Gasteiger partial charge on any atom is 0.176 e. The van der Waals surface area contributed by atoms with Gasteiger partial charge in [0.15, 0.2) is 5.78 Å². The lowest BCUT2D eigenvalue weighted by molar-refractivity contribution is -0.114. The van der Waals surface area contributed by atoms with Crippen LogP contribution in [0.4, 0.5) is 0 Å². The Balaban J connectivity index is 2.25. The van der Waals surface area contributed by atoms with E-state index in [4.69, 9.17) is 0 Å². The summed E-state index contributed by atoms with van der Waals surface area (Å²) in [6.45, 7) is 14.1. The molecule has 2 heterocycles. The van der Waals surface area contributed by atoms with Crippen LogP contribution in [0, 0.1) is 5.92 Å². The van der Waals surface area contributed by atoms with Crippen LogP contribution in [0.5, 0.6) is 0 Å². The van der Waals surface area contributed by atoms with E-state index < -0.39 is 0 Å². The normalized spacial score (nSPS) is 21.5. The third kappa shape index (κ3) is 4.35. The van der Waals surface area contributed by atoms with Crippen LogP contribution in [0.15, 0.2) is 48.1 Å². The molecular formula is C19H29N3O. The molecule has 0 aliphatic carbocycles. The van der Waals surface area contributed by atoms with E-state index in [-0.39, 0.29) is 5.78 Å². The first kappa shape index (κ1) is 17.5. The van der Waals surface area contributed by atoms with E-state index in [0.717, 1.165) is 49.7 Å². The van der Waals surface area contributed by atoms with Crippen molar-refractivity contribution >= 4 is 5.78 Å². The lowest BCUT2D eigenvalue weighted by Gasteiger charge is -2.37. The lowest BCUT2D eigenvalue weighted by Crippen LogP contribution is -2.44. The number of piperazine rings is 1. The monoisotopic (exact) mass is 315 g/mol. The molecule has 0 aromatic heterocycles. The number of Topliss-reactive ketones (excluding diaryl/α,β-unsaturated/α-hetero) is 1. The summed E-state index contributed by atoms with van der Waals surface area (Å²) in [6, 6.07) is 0. The molecule has 1 fully saturated rings. The molecule has 0 radical (unpaired) electrons. The van der Waals surface area contributed by atoms with Crippen LogP contribution >= 0.6 is 0 Å². The van der Waals surface area contributed by atoms with E-state index in [2.05, 4.69) is 55.6 Å². The SMILES string of the molecule is C=C1C=CC(N2CCN(C)CC2)=CN1/C(=C\C(C)CC)C(C)=O. The molecule has 4 nitrogen and oxygen atoms in total. The highest BCUT2D eigenvalue weighted by Crippen LogP contribution is 2.25. The maximum atomic E-state index is 12.1. The maximum absolute atomic E-state index is 12.1. The van der Waals surface area contributed by atoms with Crippen LogP contribution < -0.4 is 0 Å². The third-order valence-electron chi connectivity index (χ3n) is 4.59. The molecule has 1 unspecified atom stereocenters. The molecule has 4 heteroatoms. The topological polar surface area (TPSA) is 26.8 Å². The zero-order valence-corrected chi connectivity index (χ0v) is 14.9. The van der Waals surface area contributed by atoms with Crippen molar-refractivity contribution < 1.29 is 4.79 Å². The van der Waals surface area contributed by atoms with Crippen LogP contribution in [0.1, 0.15) is 27.2 Å². The predicted molar refractivity (Wildman–Crippen MR) is 95.5 cm³/mol. The molecule has 0 spiro atoms. The number of rotatable bonds is 5. The largest absolute Gasteiger partial charge is 0.368 e. The predicted octanol–water partition coefficient (Wildman–Crippen LogP) is 2.98. The number of allylic oxidation sites excluding steroid dienone is 4. The van der Waals surface area contributed by atoms with Gasteiger partial charge in [-0.2, -0.15) is 0 Å². The second kappa shape index (κ2) is 7.64. The number of hydrogen-bond donors (Lipinski definition) is 0. The minimum atomic E-state index is 0.0794. The van der Waals surface area contributed by atoms with Gasteiger partial charge in [-0.05, 0) is 25.1 Å². The zero-order chi connectivity index (χ0) is 17.0. The number of hydrogen-bond acceptors (Lipinski definition) is 4. The molecule has 1 saturated heterocycles. The molecular weight excluding hydrogens is 286 g/mol. The summed E-state index contributed by atoms with van der Waals surface area (Å²) in [7, 11) is 2.15. The molecule has 23 heavy (non-hydrogen) atoms. The van der Waals surface area contributed by atoms with Gasteiger partial charge in [-0.25, -0.2) is 0 Å². The van der Waals surface area contributed by atoms with Gasteiger partial charge in [-0.1, -0.05) is 32.9 Å². The highest BCUT2D eigenvalue weighted by atomic mass is 16.1. The molecule has 0 aromatic rings. The van der Waals surface area contributed by atoms with E-state index >= 15 is 0 Å². The van der Waals surface area contributed by atoms with Gasteiger partial charge in [0.25, 0.3) is 0 Å². The molecule has 2 aliphatic rings. The number of carbonyl (C=O) groups excluding carboxylic acids is 1. The Morgan fingerprint density at radius 1 is 1.30 bits per heavy atom. The van der Waals surface area contributed by atoms with E-state index in [9.17, 15) is 4.79 Å². The minimum Gasteiger partial charge on any atom is -0.368 e. The third-order valence-corrected chi connectivity index (χ3v) is 4.59. The Kier molecular flexibility index (Phi) is 5.83. The fourth-order valence-electron chi connectivity index (χ4n) is 2.75. The average molecular weight is 315 g/mol. The summed E-state index contributed by atoms with van der Waals surface area (Å²) in [4.78, 5) is 18.8. The molecule has 126 valence electrons. The van der Waals surface area contributed by atoms with Gasteiger partial charge in [0.1, 0.15) is 0 Å². The Bertz CT molecular complexity index is 551. The molecule has 2 rings (SSSR count). The van der Waals surface area contributed by atoms with Gasteiger partial charge in [0.05, 0.1) is 11.4 Å². The van der Waals surface area contributed by atoms with Crippen LogP contribution in [-0.4, -0.2) is 53.7 Å². The lowest BCUT2D eigenvalue weighted by atomic mass is 10.0. The Morgan fingerprint density at radius 2 is 1.96 bits per heavy atom. The van der Waals surface area contributed by atoms with Crippen LogP contribution in [0.2, 0.25) is 0 Å². The van der Waals surface area contributed by atoms with Gasteiger partial charge in [0, 0.05) is 45.0 Å². The first-order chi connectivity index (χ1) is 10.9. The summed E-state index contributed by atoms with van der Waals surface area (Å²) in [5.41, 5.74) is 2.72. The summed E-state index contributed by atoms with van der Waals surface area (Å²) in [5.74, 6) is 0.448. The zero-order valence-electron chi connectivity index (χ0n) is 14.9. The quantitative estimate of drug-likeness (QED) is 0.729. The Hall–Kier alpha value is -1.81. The van der Waals surface area contributed by atoms with Crippen molar-refractivity contribution in [3.63, 3.8) is 0 Å². The molecule has 1 atom stereocenters. The highest BCUT2D eigenvalue weighted by molar-refractivity contribution is 5.93. The smallest absolute Gasteiger partial charge is 0.176 e. The standard InChI is InChI=1S/C19H29N3O/c1-6-15(2)13-19(17(4)23)22-14-18(8-7-16(22)3)21-11-9-20(5)10-12-21/h7-8,13-15H,3,6,9-12H2,1-2,4-5H3/b19-13-. The molecule has 2 aliphatic heterocycles. The number of ketones is 1. The van der Waals surface area contributed by atoms with Crippen molar-refractivity contribution in [3.05, 3.63) is 48.1 Å². The van der Waals surface area contributed by atoms with E-state index in [1.807, 2.05) is 11.0 Å². The average Bonchev–Trinajstić information content (AvgIpc) is 2.53. The van der Waals surface area contributed by atoms with Gasteiger partial charge in [-0.3, -0.25) is 4.79 Å². The van der Waals surface area contributed by atoms with E-state index in [0.29, 0.717) is 5.92 Å². The summed E-state index contributed by atoms with van der Waals surface area (Å²) in [6.07, 6.45) is 9.24. The van der Waals surface area contributed by atoms with Gasteiger partial charge in [0.2, 0.25) is 0 Å². The summed E-state index contributed by atoms with van der Waals surface area (Å²) < 4.78 is 0. The van der Waals surface area contributed by atoms with Crippen LogP contribution in [0.3, 0.4) is 0 Å². The van der Waals surface area contributed by atoms with Crippen molar-refractivity contribution in [2.75, 3.05) is 33.2 Å².